The molecule has 6 nitrogen and oxygen atoms in total. The number of nitrogens with one attached hydrogen (secondary N) is 1. The molecule has 0 radical (unpaired) electrons. The van der Waals surface area contributed by atoms with Crippen molar-refractivity contribution >= 4 is 34.9 Å². The molecule has 8 heteroatoms. The largest absolute Gasteiger partial charge is 0.337 e. The molecule has 0 bridgehead atoms. The SMILES string of the molecule is O=C(Nc1ccc(Cl)cc1Cl)N1CCCC1c1nc(-c2ccccc2)no1. The van der Waals surface area contributed by atoms with E-state index in [2.05, 4.69) is 15.5 Å². The molecular formula is C19H16Cl2N4O2. The van der Waals surface area contributed by atoms with Crippen LogP contribution in [0.4, 0.5) is 10.5 Å². The third kappa shape index (κ3) is 3.77. The quantitative estimate of drug-likeness (QED) is 0.635. The number of aromatic nitrogens is 2. The van der Waals surface area contributed by atoms with Crippen molar-refractivity contribution in [2.75, 3.05) is 11.9 Å². The molecule has 1 N–H and O–H groups in total. The zero-order valence-corrected chi connectivity index (χ0v) is 15.7. The van der Waals surface area contributed by atoms with Crippen molar-refractivity contribution in [3.05, 3.63) is 64.5 Å². The van der Waals surface area contributed by atoms with Gasteiger partial charge in [0.05, 0.1) is 10.7 Å². The van der Waals surface area contributed by atoms with Crippen molar-refractivity contribution in [2.45, 2.75) is 18.9 Å². The van der Waals surface area contributed by atoms with Crippen LogP contribution in [0.5, 0.6) is 0 Å². The molecule has 1 aliphatic heterocycles. The van der Waals surface area contributed by atoms with Crippen molar-refractivity contribution in [3.63, 3.8) is 0 Å². The molecule has 1 atom stereocenters. The number of halogens is 2. The summed E-state index contributed by atoms with van der Waals surface area (Å²) in [5.41, 5.74) is 1.38. The van der Waals surface area contributed by atoms with Gasteiger partial charge in [0.25, 0.3) is 0 Å². The molecular weight excluding hydrogens is 387 g/mol. The van der Waals surface area contributed by atoms with Crippen LogP contribution in [0.25, 0.3) is 11.4 Å². The summed E-state index contributed by atoms with van der Waals surface area (Å²) in [6.07, 6.45) is 1.62. The predicted octanol–water partition coefficient (Wildman–Crippen LogP) is 5.41. The zero-order valence-electron chi connectivity index (χ0n) is 14.2. The molecule has 27 heavy (non-hydrogen) atoms. The van der Waals surface area contributed by atoms with Gasteiger partial charge in [-0.2, -0.15) is 4.98 Å². The summed E-state index contributed by atoms with van der Waals surface area (Å²) in [5.74, 6) is 0.947. The molecule has 138 valence electrons. The Hall–Kier alpha value is -2.57. The molecule has 1 unspecified atom stereocenters. The van der Waals surface area contributed by atoms with Gasteiger partial charge in [0, 0.05) is 17.1 Å². The summed E-state index contributed by atoms with van der Waals surface area (Å²) in [6.45, 7) is 0.602. The maximum Gasteiger partial charge on any atom is 0.322 e. The molecule has 1 fully saturated rings. The second kappa shape index (κ2) is 7.58. The number of carbonyl (C=O) groups is 1. The van der Waals surface area contributed by atoms with Crippen molar-refractivity contribution < 1.29 is 9.32 Å². The highest BCUT2D eigenvalue weighted by Gasteiger charge is 2.34. The number of benzene rings is 2. The lowest BCUT2D eigenvalue weighted by atomic mass is 10.2. The Morgan fingerprint density at radius 3 is 2.78 bits per heavy atom. The third-order valence-corrected chi connectivity index (χ3v) is 4.99. The highest BCUT2D eigenvalue weighted by molar-refractivity contribution is 6.36. The maximum absolute atomic E-state index is 12.7. The Bertz CT molecular complexity index is 961. The minimum absolute atomic E-state index is 0.263. The summed E-state index contributed by atoms with van der Waals surface area (Å²) in [7, 11) is 0. The summed E-state index contributed by atoms with van der Waals surface area (Å²) >= 11 is 12.0. The van der Waals surface area contributed by atoms with Crippen LogP contribution in [0.3, 0.4) is 0 Å². The summed E-state index contributed by atoms with van der Waals surface area (Å²) in [6, 6.07) is 14.0. The topological polar surface area (TPSA) is 71.3 Å². The van der Waals surface area contributed by atoms with Gasteiger partial charge in [0.1, 0.15) is 6.04 Å². The van der Waals surface area contributed by atoms with E-state index in [9.17, 15) is 4.79 Å². The second-order valence-electron chi connectivity index (χ2n) is 6.23. The summed E-state index contributed by atoms with van der Waals surface area (Å²) < 4.78 is 5.45. The first-order valence-electron chi connectivity index (χ1n) is 8.53. The highest BCUT2D eigenvalue weighted by Crippen LogP contribution is 2.33. The lowest BCUT2D eigenvalue weighted by molar-refractivity contribution is 0.193. The summed E-state index contributed by atoms with van der Waals surface area (Å²) in [4.78, 5) is 18.9. The first kappa shape index (κ1) is 17.8. The van der Waals surface area contributed by atoms with E-state index in [0.717, 1.165) is 18.4 Å². The van der Waals surface area contributed by atoms with Gasteiger partial charge in [0.15, 0.2) is 0 Å². The Kier molecular flexibility index (Phi) is 5.01. The number of nitrogens with zero attached hydrogens (tertiary/aromatic N) is 3. The average molecular weight is 403 g/mol. The smallest absolute Gasteiger partial charge is 0.322 e. The van der Waals surface area contributed by atoms with Crippen molar-refractivity contribution in [2.24, 2.45) is 0 Å². The van der Waals surface area contributed by atoms with Crippen molar-refractivity contribution in [3.8, 4) is 11.4 Å². The normalized spacial score (nSPS) is 16.5. The number of anilines is 1. The second-order valence-corrected chi connectivity index (χ2v) is 7.07. The van der Waals surface area contributed by atoms with Gasteiger partial charge >= 0.3 is 6.03 Å². The van der Waals surface area contributed by atoms with E-state index < -0.39 is 0 Å². The van der Waals surface area contributed by atoms with E-state index in [1.807, 2.05) is 30.3 Å². The van der Waals surface area contributed by atoms with Crippen LogP contribution >= 0.6 is 23.2 Å². The van der Waals surface area contributed by atoms with Crippen LogP contribution in [0.15, 0.2) is 53.1 Å². The first-order chi connectivity index (χ1) is 13.1. The molecule has 2 amide bonds. The van der Waals surface area contributed by atoms with E-state index in [1.165, 1.54) is 0 Å². The van der Waals surface area contributed by atoms with Gasteiger partial charge in [-0.15, -0.1) is 0 Å². The van der Waals surface area contributed by atoms with Gasteiger partial charge in [-0.05, 0) is 31.0 Å². The summed E-state index contributed by atoms with van der Waals surface area (Å²) in [5, 5.41) is 7.77. The molecule has 1 saturated heterocycles. The third-order valence-electron chi connectivity index (χ3n) is 4.45. The number of carbonyl (C=O) groups excluding carboxylic acids is 1. The van der Waals surface area contributed by atoms with Gasteiger partial charge in [-0.1, -0.05) is 58.7 Å². The van der Waals surface area contributed by atoms with Gasteiger partial charge in [-0.3, -0.25) is 0 Å². The van der Waals surface area contributed by atoms with Crippen LogP contribution in [-0.2, 0) is 0 Å². The monoisotopic (exact) mass is 402 g/mol. The number of amides is 2. The van der Waals surface area contributed by atoms with Crippen LogP contribution in [0.2, 0.25) is 10.0 Å². The number of hydrogen-bond donors (Lipinski definition) is 1. The van der Waals surface area contributed by atoms with Crippen LogP contribution in [-0.4, -0.2) is 27.6 Å². The molecule has 1 aliphatic rings. The molecule has 4 rings (SSSR count). The van der Waals surface area contributed by atoms with E-state index in [1.54, 1.807) is 23.1 Å². The standard InChI is InChI=1S/C19H16Cl2N4O2/c20-13-8-9-15(14(21)11-13)22-19(26)25-10-4-7-16(25)18-23-17(24-27-18)12-5-2-1-3-6-12/h1-3,5-6,8-9,11,16H,4,7,10H2,(H,22,26). The van der Waals surface area contributed by atoms with Crippen LogP contribution in [0, 0.1) is 0 Å². The van der Waals surface area contributed by atoms with E-state index >= 15 is 0 Å². The molecule has 2 heterocycles. The lowest BCUT2D eigenvalue weighted by Gasteiger charge is -2.22. The van der Waals surface area contributed by atoms with Crippen LogP contribution < -0.4 is 5.32 Å². The van der Waals surface area contributed by atoms with E-state index in [4.69, 9.17) is 27.7 Å². The predicted molar refractivity (Wildman–Crippen MR) is 104 cm³/mol. The van der Waals surface area contributed by atoms with Crippen LogP contribution in [0.1, 0.15) is 24.8 Å². The fraction of sp³-hybridized carbons (Fsp3) is 0.211. The molecule has 0 spiro atoms. The maximum atomic E-state index is 12.7. The average Bonchev–Trinajstić information content (AvgIpc) is 3.33. The van der Waals surface area contributed by atoms with Gasteiger partial charge in [0.2, 0.25) is 11.7 Å². The Labute approximate surface area is 166 Å². The number of urea groups is 1. The highest BCUT2D eigenvalue weighted by atomic mass is 35.5. The van der Waals surface area contributed by atoms with Gasteiger partial charge < -0.3 is 14.7 Å². The number of likely N-dealkylation sites (tertiary alicyclic amines) is 1. The molecule has 2 aromatic carbocycles. The molecule has 0 aliphatic carbocycles. The fourth-order valence-electron chi connectivity index (χ4n) is 3.12. The van der Waals surface area contributed by atoms with Crippen molar-refractivity contribution in [1.29, 1.82) is 0 Å². The van der Waals surface area contributed by atoms with Gasteiger partial charge in [-0.25, -0.2) is 4.79 Å². The molecule has 0 saturated carbocycles. The zero-order chi connectivity index (χ0) is 18.8. The van der Waals surface area contributed by atoms with E-state index in [-0.39, 0.29) is 12.1 Å². The first-order valence-corrected chi connectivity index (χ1v) is 9.29. The molecule has 3 aromatic rings. The minimum atomic E-state index is -0.263. The minimum Gasteiger partial charge on any atom is -0.337 e. The Morgan fingerprint density at radius 2 is 2.00 bits per heavy atom. The lowest BCUT2D eigenvalue weighted by Crippen LogP contribution is -2.34. The number of hydrogen-bond acceptors (Lipinski definition) is 4. The Balaban J connectivity index is 1.52. The Morgan fingerprint density at radius 1 is 1.19 bits per heavy atom. The molecule has 1 aromatic heterocycles. The van der Waals surface area contributed by atoms with E-state index in [0.29, 0.717) is 34.0 Å². The van der Waals surface area contributed by atoms with Crippen molar-refractivity contribution in [1.82, 2.24) is 15.0 Å². The number of rotatable bonds is 3. The fourth-order valence-corrected chi connectivity index (χ4v) is 3.58.